The average Bonchev–Trinajstić information content (AvgIpc) is 2.99. The Hall–Kier alpha value is -1.10. The molecule has 2 atom stereocenters. The first-order valence-electron chi connectivity index (χ1n) is 5.65. The molecule has 2 N–H and O–H groups in total. The molecule has 1 fully saturated rings. The molecule has 0 bridgehead atoms. The van der Waals surface area contributed by atoms with Crippen molar-refractivity contribution in [3.8, 4) is 0 Å². The van der Waals surface area contributed by atoms with Gasteiger partial charge in [0.15, 0.2) is 0 Å². The smallest absolute Gasteiger partial charge is 0.307 e. The van der Waals surface area contributed by atoms with E-state index in [9.17, 15) is 9.59 Å². The van der Waals surface area contributed by atoms with Crippen molar-refractivity contribution in [1.29, 1.82) is 0 Å². The zero-order valence-corrected chi connectivity index (χ0v) is 10.1. The molecule has 0 aromatic rings. The van der Waals surface area contributed by atoms with Crippen molar-refractivity contribution in [2.45, 2.75) is 38.8 Å². The van der Waals surface area contributed by atoms with E-state index in [1.54, 1.807) is 25.8 Å². The van der Waals surface area contributed by atoms with Gasteiger partial charge in [-0.3, -0.25) is 14.5 Å². The third-order valence-corrected chi connectivity index (χ3v) is 2.95. The summed E-state index contributed by atoms with van der Waals surface area (Å²) in [5.74, 6) is -1.30. The highest BCUT2D eigenvalue weighted by molar-refractivity contribution is 5.82. The summed E-state index contributed by atoms with van der Waals surface area (Å²) in [6, 6.07) is 0.0719. The van der Waals surface area contributed by atoms with Crippen LogP contribution < -0.4 is 5.32 Å². The van der Waals surface area contributed by atoms with Crippen LogP contribution in [0.3, 0.4) is 0 Å². The zero-order valence-electron chi connectivity index (χ0n) is 10.1. The summed E-state index contributed by atoms with van der Waals surface area (Å²) < 4.78 is 0. The molecular formula is C11H20N2O3. The van der Waals surface area contributed by atoms with E-state index in [2.05, 4.69) is 5.32 Å². The van der Waals surface area contributed by atoms with Crippen LogP contribution in [0.4, 0.5) is 0 Å². The van der Waals surface area contributed by atoms with Gasteiger partial charge in [-0.25, -0.2) is 0 Å². The molecule has 1 rings (SSSR count). The maximum atomic E-state index is 11.7. The summed E-state index contributed by atoms with van der Waals surface area (Å²) in [6.07, 6.45) is 2.13. The van der Waals surface area contributed by atoms with Crippen LogP contribution in [0.25, 0.3) is 0 Å². The number of nitrogens with one attached hydrogen (secondary N) is 1. The van der Waals surface area contributed by atoms with Crippen LogP contribution in [0.2, 0.25) is 0 Å². The lowest BCUT2D eigenvalue weighted by Gasteiger charge is -2.25. The highest BCUT2D eigenvalue weighted by Crippen LogP contribution is 2.19. The molecule has 2 unspecified atom stereocenters. The number of carboxylic acids is 1. The summed E-state index contributed by atoms with van der Waals surface area (Å²) in [5.41, 5.74) is 0. The first-order chi connectivity index (χ1) is 7.41. The van der Waals surface area contributed by atoms with Gasteiger partial charge in [0, 0.05) is 12.6 Å². The molecule has 1 amide bonds. The van der Waals surface area contributed by atoms with Gasteiger partial charge in [-0.1, -0.05) is 6.92 Å². The summed E-state index contributed by atoms with van der Waals surface area (Å²) in [5, 5.41) is 11.7. The molecule has 92 valence electrons. The van der Waals surface area contributed by atoms with E-state index >= 15 is 0 Å². The van der Waals surface area contributed by atoms with Crippen LogP contribution >= 0.6 is 0 Å². The van der Waals surface area contributed by atoms with Gasteiger partial charge in [-0.2, -0.15) is 0 Å². The van der Waals surface area contributed by atoms with Gasteiger partial charge in [0.25, 0.3) is 0 Å². The molecule has 5 heteroatoms. The predicted octanol–water partition coefficient (Wildman–Crippen LogP) is 0.306. The third kappa shape index (κ3) is 3.81. The Morgan fingerprint density at radius 2 is 2.00 bits per heavy atom. The minimum Gasteiger partial charge on any atom is -0.481 e. The van der Waals surface area contributed by atoms with Gasteiger partial charge < -0.3 is 10.4 Å². The van der Waals surface area contributed by atoms with E-state index in [4.69, 9.17) is 5.11 Å². The molecule has 5 nitrogen and oxygen atoms in total. The van der Waals surface area contributed by atoms with E-state index in [0.29, 0.717) is 12.6 Å². The second-order valence-corrected chi connectivity index (χ2v) is 4.64. The standard InChI is InChI=1S/C11H20N2O3/c1-7(11(15)16)6-13(3)8(2)10(14)12-9-4-5-9/h7-9H,4-6H2,1-3H3,(H,12,14)(H,15,16). The quantitative estimate of drug-likeness (QED) is 0.686. The molecule has 1 saturated carbocycles. The predicted molar refractivity (Wildman–Crippen MR) is 60.1 cm³/mol. The van der Waals surface area contributed by atoms with Crippen molar-refractivity contribution in [2.75, 3.05) is 13.6 Å². The number of amides is 1. The fourth-order valence-electron chi connectivity index (χ4n) is 1.42. The van der Waals surface area contributed by atoms with Crippen LogP contribution in [0.1, 0.15) is 26.7 Å². The number of carbonyl (C=O) groups is 2. The lowest BCUT2D eigenvalue weighted by Crippen LogP contribution is -2.46. The maximum Gasteiger partial charge on any atom is 0.307 e. The van der Waals surface area contributed by atoms with Gasteiger partial charge in [0.1, 0.15) is 0 Å². The third-order valence-electron chi connectivity index (χ3n) is 2.95. The number of nitrogens with zero attached hydrogens (tertiary/aromatic N) is 1. The number of aliphatic carboxylic acids is 1. The molecule has 0 spiro atoms. The number of hydrogen-bond donors (Lipinski definition) is 2. The van der Waals surface area contributed by atoms with Crippen molar-refractivity contribution in [2.24, 2.45) is 5.92 Å². The van der Waals surface area contributed by atoms with Crippen molar-refractivity contribution >= 4 is 11.9 Å². The average molecular weight is 228 g/mol. The number of likely N-dealkylation sites (N-methyl/N-ethyl adjacent to an activating group) is 1. The van der Waals surface area contributed by atoms with E-state index in [0.717, 1.165) is 12.8 Å². The van der Waals surface area contributed by atoms with Crippen molar-refractivity contribution in [1.82, 2.24) is 10.2 Å². The van der Waals surface area contributed by atoms with Crippen LogP contribution in [0.5, 0.6) is 0 Å². The topological polar surface area (TPSA) is 69.6 Å². The van der Waals surface area contributed by atoms with Gasteiger partial charge >= 0.3 is 5.97 Å². The Morgan fingerprint density at radius 1 is 1.44 bits per heavy atom. The normalized spacial score (nSPS) is 19.2. The summed E-state index contributed by atoms with van der Waals surface area (Å²) in [7, 11) is 1.77. The van der Waals surface area contributed by atoms with E-state index < -0.39 is 11.9 Å². The molecule has 0 heterocycles. The first kappa shape index (κ1) is 13.0. The summed E-state index contributed by atoms with van der Waals surface area (Å²) in [4.78, 5) is 24.1. The first-order valence-corrected chi connectivity index (χ1v) is 5.65. The molecule has 1 aliphatic carbocycles. The van der Waals surface area contributed by atoms with Crippen LogP contribution in [-0.2, 0) is 9.59 Å². The maximum absolute atomic E-state index is 11.7. The van der Waals surface area contributed by atoms with Gasteiger partial charge in [-0.15, -0.1) is 0 Å². The Balaban J connectivity index is 2.35. The van der Waals surface area contributed by atoms with E-state index in [1.165, 1.54) is 0 Å². The molecule has 0 radical (unpaired) electrons. The SMILES string of the molecule is CC(CN(C)C(C)C(=O)NC1CC1)C(=O)O. The number of carbonyl (C=O) groups excluding carboxylic acids is 1. The van der Waals surface area contributed by atoms with Crippen LogP contribution in [-0.4, -0.2) is 47.6 Å². The van der Waals surface area contributed by atoms with Gasteiger partial charge in [0.05, 0.1) is 12.0 Å². The van der Waals surface area contributed by atoms with Crippen LogP contribution in [0, 0.1) is 5.92 Å². The highest BCUT2D eigenvalue weighted by Gasteiger charge is 2.28. The van der Waals surface area contributed by atoms with Crippen molar-refractivity contribution in [3.05, 3.63) is 0 Å². The second kappa shape index (κ2) is 5.30. The molecule has 0 saturated heterocycles. The van der Waals surface area contributed by atoms with Gasteiger partial charge in [-0.05, 0) is 26.8 Å². The monoisotopic (exact) mass is 228 g/mol. The fraction of sp³-hybridized carbons (Fsp3) is 0.818. The molecule has 16 heavy (non-hydrogen) atoms. The zero-order chi connectivity index (χ0) is 12.3. The second-order valence-electron chi connectivity index (χ2n) is 4.64. The Bertz CT molecular complexity index is 276. The Kier molecular flexibility index (Phi) is 4.29. The lowest BCUT2D eigenvalue weighted by molar-refractivity contribution is -0.142. The van der Waals surface area contributed by atoms with Crippen molar-refractivity contribution < 1.29 is 14.7 Å². The Morgan fingerprint density at radius 3 is 2.44 bits per heavy atom. The highest BCUT2D eigenvalue weighted by atomic mass is 16.4. The molecule has 1 aliphatic rings. The van der Waals surface area contributed by atoms with E-state index in [-0.39, 0.29) is 11.9 Å². The summed E-state index contributed by atoms with van der Waals surface area (Å²) >= 11 is 0. The molecular weight excluding hydrogens is 208 g/mol. The minimum absolute atomic E-state index is 0.0115. The largest absolute Gasteiger partial charge is 0.481 e. The van der Waals surface area contributed by atoms with E-state index in [1.807, 2.05) is 0 Å². The number of rotatable bonds is 6. The minimum atomic E-state index is -0.832. The molecule has 0 aromatic heterocycles. The van der Waals surface area contributed by atoms with Gasteiger partial charge in [0.2, 0.25) is 5.91 Å². The van der Waals surface area contributed by atoms with Crippen LogP contribution in [0.15, 0.2) is 0 Å². The number of hydrogen-bond acceptors (Lipinski definition) is 3. The molecule has 0 aliphatic heterocycles. The lowest BCUT2D eigenvalue weighted by atomic mass is 10.1. The fourth-order valence-corrected chi connectivity index (χ4v) is 1.42. The number of carboxylic acid groups (broad SMARTS) is 1. The molecule has 0 aromatic carbocycles. The van der Waals surface area contributed by atoms with Crippen molar-refractivity contribution in [3.63, 3.8) is 0 Å². The summed E-state index contributed by atoms with van der Waals surface area (Å²) in [6.45, 7) is 3.82. The Labute approximate surface area is 95.8 Å².